The zero-order valence-corrected chi connectivity index (χ0v) is 10.3. The van der Waals surface area contributed by atoms with Gasteiger partial charge in [0.15, 0.2) is 5.78 Å². The number of nitrogens with one attached hydrogen (secondary N) is 1. The van der Waals surface area contributed by atoms with Crippen molar-refractivity contribution in [1.29, 1.82) is 5.26 Å². The van der Waals surface area contributed by atoms with Crippen molar-refractivity contribution in [3.8, 4) is 6.07 Å². The Balaban J connectivity index is 3.27. The van der Waals surface area contributed by atoms with E-state index in [4.69, 9.17) is 16.9 Å². The average Bonchev–Trinajstić information content (AvgIpc) is 2.35. The van der Waals surface area contributed by atoms with E-state index in [1.165, 1.54) is 6.07 Å². The van der Waals surface area contributed by atoms with Crippen LogP contribution in [0.3, 0.4) is 0 Å². The van der Waals surface area contributed by atoms with Gasteiger partial charge in [0.1, 0.15) is 11.6 Å². The maximum atomic E-state index is 11.6. The minimum Gasteiger partial charge on any atom is -0.324 e. The number of aromatic nitrogens is 1. The molecule has 0 aliphatic carbocycles. The maximum Gasteiger partial charge on any atom is 0.266 e. The van der Waals surface area contributed by atoms with Crippen LogP contribution >= 0.6 is 11.6 Å². The molecular weight excluding hydrogens is 240 g/mol. The summed E-state index contributed by atoms with van der Waals surface area (Å²) in [5.41, 5.74) is 0.412. The van der Waals surface area contributed by atoms with Gasteiger partial charge < -0.3 is 4.98 Å². The number of hydrogen-bond acceptors (Lipinski definition) is 3. The number of ketones is 1. The Morgan fingerprint density at radius 1 is 1.59 bits per heavy atom. The lowest BCUT2D eigenvalue weighted by Crippen LogP contribution is -2.18. The third kappa shape index (κ3) is 3.18. The number of carbonyl (C=O) groups is 1. The molecule has 0 aliphatic rings. The summed E-state index contributed by atoms with van der Waals surface area (Å²) >= 11 is 5.50. The predicted molar refractivity (Wildman–Crippen MR) is 65.4 cm³/mol. The Bertz CT molecular complexity index is 514. The third-order valence-electron chi connectivity index (χ3n) is 2.45. The molecule has 1 aromatic heterocycles. The molecule has 0 saturated carbocycles. The average molecular weight is 253 g/mol. The number of Topliss-reactive ketones (excluding diaryl/α,β-unsaturated/α-hetero) is 1. The number of nitriles is 1. The number of nitrogens with zero attached hydrogens (tertiary/aromatic N) is 1. The monoisotopic (exact) mass is 252 g/mol. The van der Waals surface area contributed by atoms with Crippen molar-refractivity contribution in [2.24, 2.45) is 0 Å². The van der Waals surface area contributed by atoms with E-state index in [9.17, 15) is 9.59 Å². The molecule has 0 saturated heterocycles. The number of hydrogen-bond donors (Lipinski definition) is 1. The van der Waals surface area contributed by atoms with Gasteiger partial charge >= 0.3 is 0 Å². The fourth-order valence-electron chi connectivity index (χ4n) is 1.52. The SMILES string of the molecule is CCCCc1[nH]c(=O)c(C#N)cc1C(=O)CCl. The van der Waals surface area contributed by atoms with Gasteiger partial charge in [-0.15, -0.1) is 11.6 Å². The first-order valence-electron chi connectivity index (χ1n) is 5.39. The van der Waals surface area contributed by atoms with Gasteiger partial charge in [0.2, 0.25) is 0 Å². The highest BCUT2D eigenvalue weighted by atomic mass is 35.5. The van der Waals surface area contributed by atoms with Gasteiger partial charge in [-0.25, -0.2) is 0 Å². The number of aromatic amines is 1. The molecule has 0 aliphatic heterocycles. The first-order chi connectivity index (χ1) is 8.13. The molecule has 90 valence electrons. The summed E-state index contributed by atoms with van der Waals surface area (Å²) in [5.74, 6) is -0.429. The summed E-state index contributed by atoms with van der Waals surface area (Å²) in [7, 11) is 0. The normalized spacial score (nSPS) is 9.94. The lowest BCUT2D eigenvalue weighted by atomic mass is 10.0. The number of carbonyl (C=O) groups excluding carboxylic acids is 1. The molecule has 1 rings (SSSR count). The van der Waals surface area contributed by atoms with Crippen LogP contribution in [0.5, 0.6) is 0 Å². The minimum atomic E-state index is -0.454. The molecule has 0 amide bonds. The molecule has 1 aromatic rings. The number of rotatable bonds is 5. The molecule has 0 spiro atoms. The van der Waals surface area contributed by atoms with Crippen LogP contribution in [0.15, 0.2) is 10.9 Å². The van der Waals surface area contributed by atoms with Crippen molar-refractivity contribution in [2.45, 2.75) is 26.2 Å². The molecule has 0 fully saturated rings. The van der Waals surface area contributed by atoms with Crippen LogP contribution < -0.4 is 5.56 Å². The van der Waals surface area contributed by atoms with Crippen LogP contribution in [0.2, 0.25) is 0 Å². The molecule has 0 radical (unpaired) electrons. The Morgan fingerprint density at radius 3 is 2.82 bits per heavy atom. The van der Waals surface area contributed by atoms with Gasteiger partial charge in [0.25, 0.3) is 5.56 Å². The van der Waals surface area contributed by atoms with E-state index in [1.807, 2.05) is 6.92 Å². The number of halogens is 1. The number of unbranched alkanes of at least 4 members (excludes halogenated alkanes) is 1. The highest BCUT2D eigenvalue weighted by Crippen LogP contribution is 2.11. The van der Waals surface area contributed by atoms with Gasteiger partial charge in [-0.2, -0.15) is 5.26 Å². The van der Waals surface area contributed by atoms with Crippen molar-refractivity contribution in [3.63, 3.8) is 0 Å². The van der Waals surface area contributed by atoms with Crippen molar-refractivity contribution in [2.75, 3.05) is 5.88 Å². The summed E-state index contributed by atoms with van der Waals surface area (Å²) in [4.78, 5) is 25.7. The summed E-state index contributed by atoms with van der Waals surface area (Å²) in [6.07, 6.45) is 2.43. The lowest BCUT2D eigenvalue weighted by molar-refractivity contribution is 0.101. The van der Waals surface area contributed by atoms with Crippen LogP contribution in [0.25, 0.3) is 0 Å². The van der Waals surface area contributed by atoms with Gasteiger partial charge in [0, 0.05) is 11.3 Å². The summed E-state index contributed by atoms with van der Waals surface area (Å²) in [5, 5.41) is 8.75. The zero-order chi connectivity index (χ0) is 12.8. The maximum absolute atomic E-state index is 11.6. The summed E-state index contributed by atoms with van der Waals surface area (Å²) < 4.78 is 0. The molecule has 5 heteroatoms. The van der Waals surface area contributed by atoms with E-state index >= 15 is 0 Å². The fourth-order valence-corrected chi connectivity index (χ4v) is 1.67. The van der Waals surface area contributed by atoms with Gasteiger partial charge in [0.05, 0.1) is 5.88 Å². The van der Waals surface area contributed by atoms with Gasteiger partial charge in [-0.1, -0.05) is 13.3 Å². The smallest absolute Gasteiger partial charge is 0.266 e. The number of aryl methyl sites for hydroxylation is 1. The van der Waals surface area contributed by atoms with Crippen LogP contribution in [-0.2, 0) is 6.42 Å². The summed E-state index contributed by atoms with van der Waals surface area (Å²) in [6, 6.07) is 3.09. The summed E-state index contributed by atoms with van der Waals surface area (Å²) in [6.45, 7) is 2.02. The highest BCUT2D eigenvalue weighted by Gasteiger charge is 2.14. The van der Waals surface area contributed by atoms with Crippen LogP contribution in [-0.4, -0.2) is 16.6 Å². The molecule has 0 aromatic carbocycles. The molecule has 1 N–H and O–H groups in total. The Hall–Kier alpha value is -1.60. The molecule has 0 atom stereocenters. The van der Waals surface area contributed by atoms with E-state index in [0.717, 1.165) is 12.8 Å². The first-order valence-corrected chi connectivity index (χ1v) is 5.93. The van der Waals surface area contributed by atoms with Crippen molar-refractivity contribution in [3.05, 3.63) is 33.2 Å². The van der Waals surface area contributed by atoms with Crippen molar-refractivity contribution >= 4 is 17.4 Å². The molecule has 1 heterocycles. The van der Waals surface area contributed by atoms with Crippen LogP contribution in [0, 0.1) is 11.3 Å². The minimum absolute atomic E-state index is 0.0567. The standard InChI is InChI=1S/C12H13ClN2O2/c1-2-3-4-10-9(11(16)6-13)5-8(7-14)12(17)15-10/h5H,2-4,6H2,1H3,(H,15,17). The molecular formula is C12H13ClN2O2. The fraction of sp³-hybridized carbons (Fsp3) is 0.417. The molecule has 4 nitrogen and oxygen atoms in total. The molecule has 0 bridgehead atoms. The van der Waals surface area contributed by atoms with Crippen LogP contribution in [0.1, 0.15) is 41.4 Å². The topological polar surface area (TPSA) is 73.7 Å². The molecule has 0 unspecified atom stereocenters. The second kappa shape index (κ2) is 6.21. The highest BCUT2D eigenvalue weighted by molar-refractivity contribution is 6.30. The lowest BCUT2D eigenvalue weighted by Gasteiger charge is -2.07. The number of alkyl halides is 1. The number of pyridine rings is 1. The second-order valence-corrected chi connectivity index (χ2v) is 3.94. The van der Waals surface area contributed by atoms with E-state index in [2.05, 4.69) is 4.98 Å². The second-order valence-electron chi connectivity index (χ2n) is 3.68. The van der Waals surface area contributed by atoms with Gasteiger partial charge in [-0.3, -0.25) is 9.59 Å². The largest absolute Gasteiger partial charge is 0.324 e. The Labute approximate surface area is 104 Å². The Kier molecular flexibility index (Phi) is 4.92. The Morgan fingerprint density at radius 2 is 2.29 bits per heavy atom. The number of H-pyrrole nitrogens is 1. The van der Waals surface area contributed by atoms with Crippen LogP contribution in [0.4, 0.5) is 0 Å². The van der Waals surface area contributed by atoms with Gasteiger partial charge in [-0.05, 0) is 18.9 Å². The van der Waals surface area contributed by atoms with E-state index in [-0.39, 0.29) is 17.2 Å². The van der Waals surface area contributed by atoms with Crippen molar-refractivity contribution < 1.29 is 4.79 Å². The van der Waals surface area contributed by atoms with E-state index in [0.29, 0.717) is 17.7 Å². The van der Waals surface area contributed by atoms with Crippen molar-refractivity contribution in [1.82, 2.24) is 4.98 Å². The van der Waals surface area contributed by atoms with E-state index in [1.54, 1.807) is 6.07 Å². The third-order valence-corrected chi connectivity index (χ3v) is 2.69. The molecule has 17 heavy (non-hydrogen) atoms. The first kappa shape index (κ1) is 13.5. The quantitative estimate of drug-likeness (QED) is 0.643. The van der Waals surface area contributed by atoms with E-state index < -0.39 is 5.56 Å². The predicted octanol–water partition coefficient (Wildman–Crippen LogP) is 2.01. The zero-order valence-electron chi connectivity index (χ0n) is 9.55.